The number of nitrogens with one attached hydrogen (secondary N) is 2. The van der Waals surface area contributed by atoms with Gasteiger partial charge in [0.15, 0.2) is 5.78 Å². The van der Waals surface area contributed by atoms with Gasteiger partial charge in [0.2, 0.25) is 11.8 Å². The molecule has 0 aliphatic heterocycles. The van der Waals surface area contributed by atoms with Crippen LogP contribution in [0.4, 0.5) is 4.39 Å². The predicted molar refractivity (Wildman–Crippen MR) is 98.4 cm³/mol. The Labute approximate surface area is 159 Å². The first kappa shape index (κ1) is 19.9. The molecule has 5 nitrogen and oxygen atoms in total. The van der Waals surface area contributed by atoms with E-state index in [9.17, 15) is 18.8 Å². The monoisotopic (exact) mass is 394 g/mol. The largest absolute Gasteiger partial charge is 0.294 e. The van der Waals surface area contributed by atoms with Crippen LogP contribution in [0.2, 0.25) is 5.02 Å². The van der Waals surface area contributed by atoms with Gasteiger partial charge in [0, 0.05) is 28.3 Å². The first-order chi connectivity index (χ1) is 12.4. The standard InChI is InChI=1S/C18H16ClFN2O3S/c19-13-3-7-15(8-4-13)26-11-18(25)22-21-17(24)10-9-16(23)12-1-5-14(20)6-2-12/h1-8H,9-11H2,(H,21,24)(H,22,25). The van der Waals surface area contributed by atoms with Crippen LogP contribution in [0.1, 0.15) is 23.2 Å². The summed E-state index contributed by atoms with van der Waals surface area (Å²) in [5, 5.41) is 0.612. The van der Waals surface area contributed by atoms with Gasteiger partial charge in [-0.05, 0) is 48.5 Å². The van der Waals surface area contributed by atoms with Crippen molar-refractivity contribution >= 4 is 41.0 Å². The molecule has 2 rings (SSSR count). The second-order valence-corrected chi connectivity index (χ2v) is 6.75. The second kappa shape index (κ2) is 9.94. The average molecular weight is 395 g/mol. The molecule has 26 heavy (non-hydrogen) atoms. The summed E-state index contributed by atoms with van der Waals surface area (Å²) in [6, 6.07) is 12.1. The lowest BCUT2D eigenvalue weighted by molar-refractivity contribution is -0.127. The van der Waals surface area contributed by atoms with Gasteiger partial charge in [0.25, 0.3) is 0 Å². The lowest BCUT2D eigenvalue weighted by Gasteiger charge is -2.07. The molecule has 0 radical (unpaired) electrons. The van der Waals surface area contributed by atoms with E-state index in [0.29, 0.717) is 10.6 Å². The summed E-state index contributed by atoms with van der Waals surface area (Å²) < 4.78 is 12.8. The Hall–Kier alpha value is -2.38. The van der Waals surface area contributed by atoms with Crippen molar-refractivity contribution in [1.29, 1.82) is 0 Å². The van der Waals surface area contributed by atoms with E-state index < -0.39 is 11.7 Å². The minimum atomic E-state index is -0.481. The molecule has 0 fully saturated rings. The Morgan fingerprint density at radius 3 is 2.15 bits per heavy atom. The number of hydrogen-bond acceptors (Lipinski definition) is 4. The van der Waals surface area contributed by atoms with Crippen LogP contribution in [0.15, 0.2) is 53.4 Å². The molecule has 0 aromatic heterocycles. The fourth-order valence-electron chi connectivity index (χ4n) is 1.92. The summed E-state index contributed by atoms with van der Waals surface area (Å²) in [6.45, 7) is 0. The normalized spacial score (nSPS) is 10.2. The molecular formula is C18H16ClFN2O3S. The topological polar surface area (TPSA) is 75.3 Å². The second-order valence-electron chi connectivity index (χ2n) is 5.27. The lowest BCUT2D eigenvalue weighted by Crippen LogP contribution is -2.42. The summed E-state index contributed by atoms with van der Waals surface area (Å²) in [5.74, 6) is -1.44. The van der Waals surface area contributed by atoms with Gasteiger partial charge in [-0.3, -0.25) is 25.2 Å². The highest BCUT2D eigenvalue weighted by Crippen LogP contribution is 2.19. The summed E-state index contributed by atoms with van der Waals surface area (Å²) in [4.78, 5) is 36.1. The number of carbonyl (C=O) groups excluding carboxylic acids is 3. The van der Waals surface area contributed by atoms with Gasteiger partial charge in [0.05, 0.1) is 5.75 Å². The highest BCUT2D eigenvalue weighted by molar-refractivity contribution is 8.00. The molecule has 0 spiro atoms. The zero-order chi connectivity index (χ0) is 18.9. The zero-order valence-electron chi connectivity index (χ0n) is 13.6. The smallest absolute Gasteiger partial charge is 0.248 e. The molecule has 0 saturated heterocycles. The number of thioether (sulfide) groups is 1. The third-order valence-electron chi connectivity index (χ3n) is 3.27. The van der Waals surface area contributed by atoms with Crippen LogP contribution in [0.5, 0.6) is 0 Å². The fourth-order valence-corrected chi connectivity index (χ4v) is 2.75. The molecule has 8 heteroatoms. The summed E-state index contributed by atoms with van der Waals surface area (Å²) in [7, 11) is 0. The Bertz CT molecular complexity index is 782. The molecule has 0 heterocycles. The van der Waals surface area contributed by atoms with Crippen molar-refractivity contribution in [1.82, 2.24) is 10.9 Å². The van der Waals surface area contributed by atoms with Crippen molar-refractivity contribution in [2.75, 3.05) is 5.75 Å². The molecule has 2 aromatic carbocycles. The highest BCUT2D eigenvalue weighted by atomic mass is 35.5. The van der Waals surface area contributed by atoms with Crippen molar-refractivity contribution in [2.24, 2.45) is 0 Å². The number of benzene rings is 2. The van der Waals surface area contributed by atoms with E-state index >= 15 is 0 Å². The minimum absolute atomic E-state index is 0.0349. The number of halogens is 2. The van der Waals surface area contributed by atoms with E-state index in [1.54, 1.807) is 24.3 Å². The number of carbonyl (C=O) groups is 3. The zero-order valence-corrected chi connectivity index (χ0v) is 15.2. The van der Waals surface area contributed by atoms with E-state index in [1.165, 1.54) is 36.0 Å². The van der Waals surface area contributed by atoms with Crippen molar-refractivity contribution < 1.29 is 18.8 Å². The number of amides is 2. The quantitative estimate of drug-likeness (QED) is 0.429. The minimum Gasteiger partial charge on any atom is -0.294 e. The van der Waals surface area contributed by atoms with E-state index in [0.717, 1.165) is 4.90 Å². The van der Waals surface area contributed by atoms with Gasteiger partial charge in [0.1, 0.15) is 5.82 Å². The van der Waals surface area contributed by atoms with Gasteiger partial charge in [-0.2, -0.15) is 0 Å². The predicted octanol–water partition coefficient (Wildman–Crippen LogP) is 3.38. The maximum Gasteiger partial charge on any atom is 0.248 e. The number of hydrazine groups is 1. The summed E-state index contributed by atoms with van der Waals surface area (Å²) in [5.41, 5.74) is 4.88. The maximum absolute atomic E-state index is 12.8. The molecule has 0 saturated carbocycles. The van der Waals surface area contributed by atoms with Crippen molar-refractivity contribution in [3.63, 3.8) is 0 Å². The van der Waals surface area contributed by atoms with E-state index in [-0.39, 0.29) is 30.3 Å². The Morgan fingerprint density at radius 1 is 0.885 bits per heavy atom. The molecule has 0 unspecified atom stereocenters. The summed E-state index contributed by atoms with van der Waals surface area (Å²) in [6.07, 6.45) is -0.117. The third-order valence-corrected chi connectivity index (χ3v) is 4.53. The Kier molecular flexibility index (Phi) is 7.62. The number of hydrogen-bond donors (Lipinski definition) is 2. The summed E-state index contributed by atoms with van der Waals surface area (Å²) >= 11 is 7.08. The molecule has 136 valence electrons. The first-order valence-corrected chi connectivity index (χ1v) is 9.05. The Balaban J connectivity index is 1.66. The number of rotatable bonds is 7. The van der Waals surface area contributed by atoms with Crippen LogP contribution in [-0.2, 0) is 9.59 Å². The highest BCUT2D eigenvalue weighted by Gasteiger charge is 2.10. The molecule has 2 N–H and O–H groups in total. The van der Waals surface area contributed by atoms with Crippen molar-refractivity contribution in [3.05, 3.63) is 64.9 Å². The van der Waals surface area contributed by atoms with Crippen LogP contribution in [-0.4, -0.2) is 23.4 Å². The van der Waals surface area contributed by atoms with Crippen LogP contribution in [0.25, 0.3) is 0 Å². The molecular weight excluding hydrogens is 379 g/mol. The molecule has 0 atom stereocenters. The van der Waals surface area contributed by atoms with Crippen LogP contribution in [0.3, 0.4) is 0 Å². The van der Waals surface area contributed by atoms with Crippen LogP contribution >= 0.6 is 23.4 Å². The van der Waals surface area contributed by atoms with E-state index in [1.807, 2.05) is 0 Å². The van der Waals surface area contributed by atoms with Crippen LogP contribution in [0, 0.1) is 5.82 Å². The van der Waals surface area contributed by atoms with Gasteiger partial charge < -0.3 is 0 Å². The van der Waals surface area contributed by atoms with Gasteiger partial charge in [-0.1, -0.05) is 11.6 Å². The van der Waals surface area contributed by atoms with Gasteiger partial charge in [-0.25, -0.2) is 4.39 Å². The van der Waals surface area contributed by atoms with Crippen molar-refractivity contribution in [3.8, 4) is 0 Å². The molecule has 0 aliphatic carbocycles. The van der Waals surface area contributed by atoms with E-state index in [2.05, 4.69) is 10.9 Å². The lowest BCUT2D eigenvalue weighted by atomic mass is 10.1. The maximum atomic E-state index is 12.8. The molecule has 0 bridgehead atoms. The van der Waals surface area contributed by atoms with E-state index in [4.69, 9.17) is 11.6 Å². The number of ketones is 1. The fraction of sp³-hybridized carbons (Fsp3) is 0.167. The molecule has 2 aromatic rings. The molecule has 2 amide bonds. The Morgan fingerprint density at radius 2 is 1.50 bits per heavy atom. The van der Waals surface area contributed by atoms with Gasteiger partial charge in [-0.15, -0.1) is 11.8 Å². The van der Waals surface area contributed by atoms with Gasteiger partial charge >= 0.3 is 0 Å². The first-order valence-electron chi connectivity index (χ1n) is 7.69. The molecule has 0 aliphatic rings. The van der Waals surface area contributed by atoms with Crippen molar-refractivity contribution in [2.45, 2.75) is 17.7 Å². The number of Topliss-reactive ketones (excluding diaryl/α,β-unsaturated/α-hetero) is 1. The SMILES string of the molecule is O=C(CCC(=O)c1ccc(F)cc1)NNC(=O)CSc1ccc(Cl)cc1. The third kappa shape index (κ3) is 6.85. The van der Waals surface area contributed by atoms with Crippen LogP contribution < -0.4 is 10.9 Å². The average Bonchev–Trinajstić information content (AvgIpc) is 2.64.